The van der Waals surface area contributed by atoms with Crippen LogP contribution in [-0.2, 0) is 24.2 Å². The minimum Gasteiger partial charge on any atom is -0.508 e. The molecule has 0 bridgehead atoms. The molecule has 0 aliphatic heterocycles. The number of phenols is 1. The Bertz CT molecular complexity index is 888. The first kappa shape index (κ1) is 16.7. The molecule has 3 aromatic rings. The van der Waals surface area contributed by atoms with Crippen molar-refractivity contribution < 1.29 is 14.3 Å². The van der Waals surface area contributed by atoms with E-state index in [0.29, 0.717) is 13.0 Å². The van der Waals surface area contributed by atoms with E-state index < -0.39 is 5.91 Å². The molecule has 0 radical (unpaired) electrons. The molecule has 1 amide bonds. The lowest BCUT2D eigenvalue weighted by atomic mass is 10.1. The first-order valence-electron chi connectivity index (χ1n) is 7.85. The van der Waals surface area contributed by atoms with E-state index in [1.807, 2.05) is 10.6 Å². The number of primary amides is 1. The van der Waals surface area contributed by atoms with Gasteiger partial charge < -0.3 is 15.4 Å². The summed E-state index contributed by atoms with van der Waals surface area (Å²) in [7, 11) is 0. The van der Waals surface area contributed by atoms with Crippen LogP contribution in [0.3, 0.4) is 0 Å². The van der Waals surface area contributed by atoms with Crippen LogP contribution in [0.4, 0.5) is 4.39 Å². The van der Waals surface area contributed by atoms with Gasteiger partial charge in [-0.3, -0.25) is 4.79 Å². The van der Waals surface area contributed by atoms with Crippen molar-refractivity contribution in [3.63, 3.8) is 0 Å². The summed E-state index contributed by atoms with van der Waals surface area (Å²) in [5.41, 5.74) is 8.62. The highest BCUT2D eigenvalue weighted by Crippen LogP contribution is 2.18. The third-order valence-corrected chi connectivity index (χ3v) is 3.92. The monoisotopic (exact) mass is 339 g/mol. The molecule has 1 heterocycles. The quantitative estimate of drug-likeness (QED) is 0.723. The molecule has 0 saturated carbocycles. The smallest absolute Gasteiger partial charge is 0.223 e. The number of benzene rings is 2. The molecule has 0 aliphatic rings. The lowest BCUT2D eigenvalue weighted by molar-refractivity contribution is -0.117. The molecule has 6 heteroatoms. The van der Waals surface area contributed by atoms with E-state index in [1.54, 1.807) is 36.7 Å². The Hall–Kier alpha value is -3.15. The van der Waals surface area contributed by atoms with E-state index >= 15 is 0 Å². The number of carbonyl (C=O) groups is 1. The molecule has 0 saturated heterocycles. The Morgan fingerprint density at radius 1 is 1.16 bits per heavy atom. The highest BCUT2D eigenvalue weighted by atomic mass is 19.1. The summed E-state index contributed by atoms with van der Waals surface area (Å²) in [5.74, 6) is -0.561. The average Bonchev–Trinajstić information content (AvgIpc) is 2.91. The fourth-order valence-corrected chi connectivity index (χ4v) is 2.75. The average molecular weight is 339 g/mol. The van der Waals surface area contributed by atoms with Gasteiger partial charge in [0.05, 0.1) is 24.1 Å². The zero-order valence-corrected chi connectivity index (χ0v) is 13.5. The molecular formula is C19H18FN3O2. The number of amides is 1. The molecule has 0 atom stereocenters. The number of aromatic nitrogens is 2. The number of hydrogen-bond acceptors (Lipinski definition) is 3. The standard InChI is InChI=1S/C19H18FN3O2/c20-15-6-4-13(5-7-15)9-17-18(10-19(21)25)23(12-22-17)11-14-2-1-3-16(24)8-14/h1-8,12,24H,9-11H2,(H2,21,25). The Kier molecular flexibility index (Phi) is 4.79. The van der Waals surface area contributed by atoms with E-state index in [1.165, 1.54) is 12.1 Å². The van der Waals surface area contributed by atoms with Gasteiger partial charge in [0.2, 0.25) is 5.91 Å². The summed E-state index contributed by atoms with van der Waals surface area (Å²) in [6.45, 7) is 0.466. The molecule has 3 N–H and O–H groups in total. The lowest BCUT2D eigenvalue weighted by Gasteiger charge is -2.10. The van der Waals surface area contributed by atoms with E-state index in [4.69, 9.17) is 5.73 Å². The molecule has 1 aromatic heterocycles. The highest BCUT2D eigenvalue weighted by molar-refractivity contribution is 5.76. The predicted octanol–water partition coefficient (Wildman–Crippen LogP) is 2.39. The van der Waals surface area contributed by atoms with Gasteiger partial charge in [0.15, 0.2) is 0 Å². The van der Waals surface area contributed by atoms with Crippen molar-refractivity contribution in [2.75, 3.05) is 0 Å². The van der Waals surface area contributed by atoms with Crippen molar-refractivity contribution >= 4 is 5.91 Å². The van der Waals surface area contributed by atoms with Crippen LogP contribution in [-0.4, -0.2) is 20.6 Å². The van der Waals surface area contributed by atoms with Crippen LogP contribution >= 0.6 is 0 Å². The molecule has 3 rings (SSSR count). The van der Waals surface area contributed by atoms with E-state index in [0.717, 1.165) is 22.5 Å². The second kappa shape index (κ2) is 7.17. The third kappa shape index (κ3) is 4.23. The van der Waals surface area contributed by atoms with Crippen LogP contribution in [0.15, 0.2) is 54.9 Å². The maximum Gasteiger partial charge on any atom is 0.223 e. The number of nitrogens with two attached hydrogens (primary N) is 1. The predicted molar refractivity (Wildman–Crippen MR) is 91.5 cm³/mol. The summed E-state index contributed by atoms with van der Waals surface area (Å²) < 4.78 is 14.9. The SMILES string of the molecule is NC(=O)Cc1c(Cc2ccc(F)cc2)ncn1Cc1cccc(O)c1. The van der Waals surface area contributed by atoms with Crippen LogP contribution in [0, 0.1) is 5.82 Å². The number of nitrogens with zero attached hydrogens (tertiary/aromatic N) is 2. The zero-order valence-electron chi connectivity index (χ0n) is 13.5. The Morgan fingerprint density at radius 3 is 2.60 bits per heavy atom. The van der Waals surface area contributed by atoms with E-state index in [9.17, 15) is 14.3 Å². The van der Waals surface area contributed by atoms with Crippen LogP contribution < -0.4 is 5.73 Å². The van der Waals surface area contributed by atoms with Crippen molar-refractivity contribution in [3.05, 3.63) is 83.2 Å². The molecule has 25 heavy (non-hydrogen) atoms. The maximum absolute atomic E-state index is 13.1. The van der Waals surface area contributed by atoms with Crippen LogP contribution in [0.25, 0.3) is 0 Å². The third-order valence-electron chi connectivity index (χ3n) is 3.92. The Balaban J connectivity index is 1.89. The number of halogens is 1. The molecular weight excluding hydrogens is 321 g/mol. The van der Waals surface area contributed by atoms with Crippen molar-refractivity contribution in [3.8, 4) is 5.75 Å². The largest absolute Gasteiger partial charge is 0.508 e. The number of imidazole rings is 1. The number of phenolic OH excluding ortho intramolecular Hbond substituents is 1. The Morgan fingerprint density at radius 2 is 1.92 bits per heavy atom. The van der Waals surface area contributed by atoms with Crippen molar-refractivity contribution in [1.82, 2.24) is 9.55 Å². The summed E-state index contributed by atoms with van der Waals surface area (Å²) in [6.07, 6.45) is 2.20. The molecule has 0 unspecified atom stereocenters. The molecule has 2 aromatic carbocycles. The first-order valence-corrected chi connectivity index (χ1v) is 7.85. The van der Waals surface area contributed by atoms with Crippen molar-refractivity contribution in [2.24, 2.45) is 5.73 Å². The fraction of sp³-hybridized carbons (Fsp3) is 0.158. The minimum absolute atomic E-state index is 0.0648. The number of carbonyl (C=O) groups excluding carboxylic acids is 1. The highest BCUT2D eigenvalue weighted by Gasteiger charge is 2.14. The van der Waals surface area contributed by atoms with Gasteiger partial charge in [-0.2, -0.15) is 0 Å². The summed E-state index contributed by atoms with van der Waals surface area (Å²) in [5, 5.41) is 9.60. The van der Waals surface area contributed by atoms with Gasteiger partial charge in [-0.25, -0.2) is 9.37 Å². The molecule has 128 valence electrons. The van der Waals surface area contributed by atoms with Crippen LogP contribution in [0.5, 0.6) is 5.75 Å². The normalized spacial score (nSPS) is 10.8. The van der Waals surface area contributed by atoms with Gasteiger partial charge in [-0.1, -0.05) is 24.3 Å². The zero-order chi connectivity index (χ0) is 17.8. The minimum atomic E-state index is -0.446. The number of hydrogen-bond donors (Lipinski definition) is 2. The van der Waals surface area contributed by atoms with Crippen molar-refractivity contribution in [2.45, 2.75) is 19.4 Å². The molecule has 5 nitrogen and oxygen atoms in total. The van der Waals surface area contributed by atoms with Gasteiger partial charge in [0.25, 0.3) is 0 Å². The second-order valence-corrected chi connectivity index (χ2v) is 5.88. The van der Waals surface area contributed by atoms with Gasteiger partial charge in [-0.15, -0.1) is 0 Å². The van der Waals surface area contributed by atoms with E-state index in [-0.39, 0.29) is 18.0 Å². The van der Waals surface area contributed by atoms with Gasteiger partial charge in [0, 0.05) is 13.0 Å². The summed E-state index contributed by atoms with van der Waals surface area (Å²) in [4.78, 5) is 15.9. The second-order valence-electron chi connectivity index (χ2n) is 5.88. The van der Waals surface area contributed by atoms with Gasteiger partial charge in [-0.05, 0) is 35.4 Å². The number of rotatable bonds is 6. The van der Waals surface area contributed by atoms with Crippen LogP contribution in [0.1, 0.15) is 22.5 Å². The Labute approximate surface area is 144 Å². The lowest BCUT2D eigenvalue weighted by Crippen LogP contribution is -2.18. The summed E-state index contributed by atoms with van der Waals surface area (Å²) >= 11 is 0. The number of aromatic hydroxyl groups is 1. The molecule has 0 fully saturated rings. The van der Waals surface area contributed by atoms with E-state index in [2.05, 4.69) is 4.98 Å². The van der Waals surface area contributed by atoms with Gasteiger partial charge >= 0.3 is 0 Å². The topological polar surface area (TPSA) is 81.1 Å². The fourth-order valence-electron chi connectivity index (χ4n) is 2.75. The van der Waals surface area contributed by atoms with Gasteiger partial charge in [0.1, 0.15) is 11.6 Å². The maximum atomic E-state index is 13.1. The molecule has 0 aliphatic carbocycles. The first-order chi connectivity index (χ1) is 12.0. The van der Waals surface area contributed by atoms with Crippen molar-refractivity contribution in [1.29, 1.82) is 0 Å². The molecule has 0 spiro atoms. The van der Waals surface area contributed by atoms with Crippen LogP contribution in [0.2, 0.25) is 0 Å². The summed E-state index contributed by atoms with van der Waals surface area (Å²) in [6, 6.07) is 13.1.